The first kappa shape index (κ1) is 29.6. The number of unbranched alkanes of at least 4 members (excludes halogenated alkanes) is 3. The molecule has 0 unspecified atom stereocenters. The van der Waals surface area contributed by atoms with Crippen LogP contribution in [0.15, 0.2) is 66.7 Å². The molecule has 0 fully saturated rings. The summed E-state index contributed by atoms with van der Waals surface area (Å²) < 4.78 is 7.79. The molecule has 0 spiro atoms. The van der Waals surface area contributed by atoms with Gasteiger partial charge in [0.25, 0.3) is 5.69 Å². The maximum Gasteiger partial charge on any atom is 0.338 e. The van der Waals surface area contributed by atoms with Crippen LogP contribution in [0.5, 0.6) is 0 Å². The van der Waals surface area contributed by atoms with Crippen LogP contribution in [0.25, 0.3) is 21.8 Å². The second-order valence-corrected chi connectivity index (χ2v) is 9.93. The Morgan fingerprint density at radius 1 is 0.795 bits per heavy atom. The smallest absolute Gasteiger partial charge is 0.338 e. The summed E-state index contributed by atoms with van der Waals surface area (Å²) >= 11 is 0. The van der Waals surface area contributed by atoms with E-state index in [0.717, 1.165) is 32.2 Å². The lowest BCUT2D eigenvalue weighted by Gasteiger charge is -2.15. The number of hydrogen-bond donors (Lipinski definition) is 0. The van der Waals surface area contributed by atoms with Gasteiger partial charge in [-0.2, -0.15) is 4.57 Å². The number of benzene rings is 3. The molecule has 0 radical (unpaired) electrons. The number of ether oxygens (including phenoxy) is 1. The summed E-state index contributed by atoms with van der Waals surface area (Å²) in [5.41, 5.74) is 5.06. The van der Waals surface area contributed by atoms with Crippen molar-refractivity contribution in [1.29, 1.82) is 0 Å². The molecule has 0 saturated heterocycles. The Bertz CT molecular complexity index is 1390. The van der Waals surface area contributed by atoms with Crippen LogP contribution in [-0.2, 0) is 11.3 Å². The highest BCUT2D eigenvalue weighted by Crippen LogP contribution is 2.25. The molecule has 0 amide bonds. The van der Waals surface area contributed by atoms with Gasteiger partial charge in [0.05, 0.1) is 17.1 Å². The van der Waals surface area contributed by atoms with Gasteiger partial charge < -0.3 is 26.9 Å². The minimum atomic E-state index is -0.489. The number of halogens is 1. The number of hydrogen-bond acceptors (Lipinski definition) is 6. The zero-order valence-corrected chi connectivity index (χ0v) is 23.6. The molecule has 1 heterocycles. The van der Waals surface area contributed by atoms with Crippen molar-refractivity contribution < 1.29 is 31.4 Å². The average molecular weight is 551 g/mol. The van der Waals surface area contributed by atoms with Crippen LogP contribution in [0.4, 0.5) is 17.1 Å². The molecule has 206 valence electrons. The third-order valence-corrected chi connectivity index (χ3v) is 6.78. The molecular weight excluding hydrogens is 516 g/mol. The Kier molecular flexibility index (Phi) is 10.1. The normalized spacial score (nSPS) is 10.8. The third-order valence-electron chi connectivity index (χ3n) is 6.78. The quantitative estimate of drug-likeness (QED) is 0.0713. The van der Waals surface area contributed by atoms with Crippen molar-refractivity contribution in [2.45, 2.75) is 32.2 Å². The number of carbonyl (C=O) groups is 1. The standard InChI is InChI=1S/C30H35N4O4.ClH/c1-31(2)26-15-11-23-19-24-12-16-27(32(3)4)21-29(24)33(28(23)20-26)17-7-5-6-8-18-38-30(35)22-9-13-25(14-10-22)34(36)37;/h9-16,19-21H,5-8,17-18H2,1-4H3;1H/q+1;/p-1. The molecule has 4 aromatic rings. The van der Waals surface area contributed by atoms with E-state index in [1.54, 1.807) is 0 Å². The van der Waals surface area contributed by atoms with E-state index in [1.807, 2.05) is 0 Å². The Morgan fingerprint density at radius 2 is 1.33 bits per heavy atom. The number of non-ortho nitro benzene ring substituents is 1. The molecule has 3 aromatic carbocycles. The number of anilines is 2. The van der Waals surface area contributed by atoms with Crippen LogP contribution in [0.3, 0.4) is 0 Å². The van der Waals surface area contributed by atoms with Crippen LogP contribution >= 0.6 is 0 Å². The number of aryl methyl sites for hydroxylation is 1. The largest absolute Gasteiger partial charge is 1.00 e. The van der Waals surface area contributed by atoms with Gasteiger partial charge in [-0.25, -0.2) is 4.79 Å². The van der Waals surface area contributed by atoms with E-state index in [9.17, 15) is 14.9 Å². The van der Waals surface area contributed by atoms with Gasteiger partial charge in [-0.1, -0.05) is 0 Å². The van der Waals surface area contributed by atoms with Crippen LogP contribution < -0.4 is 26.8 Å². The highest BCUT2D eigenvalue weighted by atomic mass is 35.5. The molecule has 0 atom stereocenters. The molecule has 0 saturated carbocycles. The van der Waals surface area contributed by atoms with Gasteiger partial charge in [0.1, 0.15) is 6.54 Å². The Hall–Kier alpha value is -3.91. The van der Waals surface area contributed by atoms with Crippen molar-refractivity contribution >= 4 is 44.8 Å². The number of carbonyl (C=O) groups excluding carboxylic acids is 1. The highest BCUT2D eigenvalue weighted by molar-refractivity contribution is 5.91. The zero-order chi connectivity index (χ0) is 27.2. The molecule has 0 bridgehead atoms. The molecule has 8 nitrogen and oxygen atoms in total. The fourth-order valence-corrected chi connectivity index (χ4v) is 4.56. The molecular formula is C30H35ClN4O4. The van der Waals surface area contributed by atoms with Crippen molar-refractivity contribution in [2.75, 3.05) is 44.6 Å². The average Bonchev–Trinajstić information content (AvgIpc) is 2.91. The number of aromatic nitrogens is 1. The van der Waals surface area contributed by atoms with E-state index in [2.05, 4.69) is 85.0 Å². The van der Waals surface area contributed by atoms with Crippen molar-refractivity contribution in [3.05, 3.63) is 82.4 Å². The van der Waals surface area contributed by atoms with Gasteiger partial charge in [0.15, 0.2) is 0 Å². The van der Waals surface area contributed by atoms with E-state index >= 15 is 0 Å². The lowest BCUT2D eigenvalue weighted by molar-refractivity contribution is -0.645. The number of esters is 1. The number of nitro groups is 1. The lowest BCUT2D eigenvalue weighted by atomic mass is 10.1. The maximum atomic E-state index is 12.2. The predicted octanol–water partition coefficient (Wildman–Crippen LogP) is 2.74. The molecule has 0 N–H and O–H groups in total. The number of nitro benzene ring substituents is 1. The second-order valence-electron chi connectivity index (χ2n) is 9.93. The number of rotatable bonds is 11. The van der Waals surface area contributed by atoms with E-state index in [0.29, 0.717) is 12.2 Å². The van der Waals surface area contributed by atoms with Gasteiger partial charge in [-0.3, -0.25) is 10.1 Å². The molecule has 1 aromatic heterocycles. The second kappa shape index (κ2) is 13.2. The molecule has 4 rings (SSSR count). The SMILES string of the molecule is CN(C)c1ccc2cc3ccc(N(C)C)cc3[n+](CCCCCCOC(=O)c3ccc([N+](=O)[O-])cc3)c2c1.[Cl-]. The van der Waals surface area contributed by atoms with Crippen LogP contribution in [0.1, 0.15) is 36.0 Å². The Labute approximate surface area is 235 Å². The van der Waals surface area contributed by atoms with E-state index in [-0.39, 0.29) is 18.1 Å². The Morgan fingerprint density at radius 3 is 1.85 bits per heavy atom. The molecule has 39 heavy (non-hydrogen) atoms. The van der Waals surface area contributed by atoms with Gasteiger partial charge in [0.2, 0.25) is 11.0 Å². The first-order chi connectivity index (χ1) is 18.2. The highest BCUT2D eigenvalue weighted by Gasteiger charge is 2.17. The summed E-state index contributed by atoms with van der Waals surface area (Å²) in [6.07, 6.45) is 3.74. The number of fused-ring (bicyclic) bond motifs is 2. The summed E-state index contributed by atoms with van der Waals surface area (Å²) in [6.45, 7) is 1.22. The van der Waals surface area contributed by atoms with Crippen molar-refractivity contribution in [1.82, 2.24) is 0 Å². The summed E-state index contributed by atoms with van der Waals surface area (Å²) in [5.74, 6) is -0.453. The topological polar surface area (TPSA) is 79.8 Å². The van der Waals surface area contributed by atoms with Gasteiger partial charge in [-0.15, -0.1) is 0 Å². The van der Waals surface area contributed by atoms with Crippen molar-refractivity contribution in [2.24, 2.45) is 0 Å². The molecule has 0 aliphatic carbocycles. The van der Waals surface area contributed by atoms with E-state index in [1.165, 1.54) is 57.4 Å². The summed E-state index contributed by atoms with van der Waals surface area (Å²) in [5, 5.41) is 13.2. The monoisotopic (exact) mass is 550 g/mol. The van der Waals surface area contributed by atoms with Crippen LogP contribution in [0, 0.1) is 10.1 Å². The first-order valence-electron chi connectivity index (χ1n) is 12.9. The summed E-state index contributed by atoms with van der Waals surface area (Å²) in [4.78, 5) is 26.7. The lowest BCUT2D eigenvalue weighted by Crippen LogP contribution is -3.00. The molecule has 0 aliphatic heterocycles. The predicted molar refractivity (Wildman–Crippen MR) is 152 cm³/mol. The number of pyridine rings is 1. The first-order valence-corrected chi connectivity index (χ1v) is 12.9. The fourth-order valence-electron chi connectivity index (χ4n) is 4.56. The van der Waals surface area contributed by atoms with Crippen LogP contribution in [0.2, 0.25) is 0 Å². The van der Waals surface area contributed by atoms with Crippen molar-refractivity contribution in [3.8, 4) is 0 Å². The van der Waals surface area contributed by atoms with E-state index in [4.69, 9.17) is 4.74 Å². The minimum Gasteiger partial charge on any atom is -1.00 e. The number of nitrogens with zero attached hydrogens (tertiary/aromatic N) is 4. The van der Waals surface area contributed by atoms with Gasteiger partial charge in [-0.05, 0) is 61.7 Å². The fraction of sp³-hybridized carbons (Fsp3) is 0.333. The third kappa shape index (κ3) is 7.15. The van der Waals surface area contributed by atoms with Gasteiger partial charge >= 0.3 is 5.97 Å². The minimum absolute atomic E-state index is 0. The molecule has 9 heteroatoms. The van der Waals surface area contributed by atoms with Crippen molar-refractivity contribution in [3.63, 3.8) is 0 Å². The maximum absolute atomic E-state index is 12.2. The van der Waals surface area contributed by atoms with Crippen LogP contribution in [-0.4, -0.2) is 45.7 Å². The summed E-state index contributed by atoms with van der Waals surface area (Å²) in [7, 11) is 8.24. The molecule has 0 aliphatic rings. The zero-order valence-electron chi connectivity index (χ0n) is 22.9. The van der Waals surface area contributed by atoms with Gasteiger partial charge in [0, 0.05) is 81.0 Å². The van der Waals surface area contributed by atoms with E-state index < -0.39 is 10.9 Å². The Balaban J connectivity index is 0.00000420. The summed E-state index contributed by atoms with van der Waals surface area (Å²) in [6, 6.07) is 21.0.